The van der Waals surface area contributed by atoms with Crippen molar-refractivity contribution in [2.75, 3.05) is 11.4 Å². The van der Waals surface area contributed by atoms with Crippen molar-refractivity contribution in [3.8, 4) is 5.75 Å². The van der Waals surface area contributed by atoms with Crippen molar-refractivity contribution in [1.29, 1.82) is 0 Å². The highest BCUT2D eigenvalue weighted by atomic mass is 19.4. The molecule has 1 aliphatic carbocycles. The van der Waals surface area contributed by atoms with Gasteiger partial charge < -0.3 is 10.0 Å². The van der Waals surface area contributed by atoms with Gasteiger partial charge in [-0.05, 0) is 31.9 Å². The van der Waals surface area contributed by atoms with Crippen LogP contribution in [-0.2, 0) is 0 Å². The number of rotatable bonds is 4. The van der Waals surface area contributed by atoms with Crippen molar-refractivity contribution < 1.29 is 23.1 Å². The SMILES string of the molecule is CC(=O)c1ccc(N(CC(F)(F)F)C2CC2)cc1O. The number of carbonyl (C=O) groups excluding carboxylic acids is 1. The van der Waals surface area contributed by atoms with Gasteiger partial charge in [-0.25, -0.2) is 0 Å². The predicted octanol–water partition coefficient (Wildman–Crippen LogP) is 3.13. The molecule has 0 bridgehead atoms. The Morgan fingerprint density at radius 3 is 2.47 bits per heavy atom. The zero-order valence-electron chi connectivity index (χ0n) is 10.4. The first-order valence-electron chi connectivity index (χ1n) is 5.95. The number of benzene rings is 1. The van der Waals surface area contributed by atoms with Crippen LogP contribution in [0.15, 0.2) is 18.2 Å². The summed E-state index contributed by atoms with van der Waals surface area (Å²) in [6, 6.07) is 3.89. The molecule has 0 unspecified atom stereocenters. The van der Waals surface area contributed by atoms with Crippen molar-refractivity contribution in [1.82, 2.24) is 0 Å². The molecule has 6 heteroatoms. The third kappa shape index (κ3) is 3.39. The number of nitrogens with zero attached hydrogens (tertiary/aromatic N) is 1. The molecule has 0 radical (unpaired) electrons. The Labute approximate surface area is 108 Å². The second-order valence-electron chi connectivity index (χ2n) is 4.73. The summed E-state index contributed by atoms with van der Waals surface area (Å²) in [4.78, 5) is 12.4. The maximum Gasteiger partial charge on any atom is 0.405 e. The van der Waals surface area contributed by atoms with E-state index in [4.69, 9.17) is 0 Å². The van der Waals surface area contributed by atoms with E-state index >= 15 is 0 Å². The number of ketones is 1. The first kappa shape index (κ1) is 13.7. The van der Waals surface area contributed by atoms with Crippen molar-refractivity contribution in [3.05, 3.63) is 23.8 Å². The number of hydrogen-bond donors (Lipinski definition) is 1. The maximum atomic E-state index is 12.5. The van der Waals surface area contributed by atoms with E-state index in [1.165, 1.54) is 30.0 Å². The van der Waals surface area contributed by atoms with Gasteiger partial charge >= 0.3 is 6.18 Å². The van der Waals surface area contributed by atoms with E-state index < -0.39 is 12.7 Å². The van der Waals surface area contributed by atoms with Gasteiger partial charge in [0.15, 0.2) is 5.78 Å². The van der Waals surface area contributed by atoms with Crippen LogP contribution in [-0.4, -0.2) is 29.7 Å². The molecule has 3 nitrogen and oxygen atoms in total. The quantitative estimate of drug-likeness (QED) is 0.857. The Balaban J connectivity index is 2.27. The van der Waals surface area contributed by atoms with Crippen LogP contribution in [0.1, 0.15) is 30.1 Å². The zero-order valence-corrected chi connectivity index (χ0v) is 10.4. The minimum Gasteiger partial charge on any atom is -0.507 e. The van der Waals surface area contributed by atoms with Crippen LogP contribution >= 0.6 is 0 Å². The smallest absolute Gasteiger partial charge is 0.405 e. The molecule has 104 valence electrons. The average Bonchev–Trinajstić information content (AvgIpc) is 3.07. The number of halogens is 3. The monoisotopic (exact) mass is 273 g/mol. The molecule has 0 heterocycles. The summed E-state index contributed by atoms with van der Waals surface area (Å²) in [5, 5.41) is 9.68. The van der Waals surface area contributed by atoms with Gasteiger partial charge in [0.25, 0.3) is 0 Å². The number of hydrogen-bond acceptors (Lipinski definition) is 3. The van der Waals surface area contributed by atoms with E-state index in [1.54, 1.807) is 0 Å². The lowest BCUT2D eigenvalue weighted by Gasteiger charge is -2.26. The van der Waals surface area contributed by atoms with E-state index in [9.17, 15) is 23.1 Å². The van der Waals surface area contributed by atoms with E-state index in [0.717, 1.165) is 0 Å². The van der Waals surface area contributed by atoms with Gasteiger partial charge in [-0.15, -0.1) is 0 Å². The van der Waals surface area contributed by atoms with Crippen LogP contribution in [0.5, 0.6) is 5.75 Å². The second-order valence-corrected chi connectivity index (χ2v) is 4.73. The second kappa shape index (κ2) is 4.75. The van der Waals surface area contributed by atoms with Crippen LogP contribution in [0, 0.1) is 0 Å². The summed E-state index contributed by atoms with van der Waals surface area (Å²) in [5.41, 5.74) is 0.411. The Bertz CT molecular complexity index is 495. The number of phenolic OH excluding ortho intramolecular Hbond substituents is 1. The normalized spacial score (nSPS) is 15.4. The van der Waals surface area contributed by atoms with Crippen LogP contribution in [0.2, 0.25) is 0 Å². The van der Waals surface area contributed by atoms with E-state index in [-0.39, 0.29) is 23.1 Å². The molecule has 1 N–H and O–H groups in total. The largest absolute Gasteiger partial charge is 0.507 e. The molecule has 1 aromatic rings. The molecule has 0 atom stereocenters. The van der Waals surface area contributed by atoms with E-state index in [1.807, 2.05) is 0 Å². The minimum absolute atomic E-state index is 0.117. The van der Waals surface area contributed by atoms with Crippen molar-refractivity contribution >= 4 is 11.5 Å². The fourth-order valence-electron chi connectivity index (χ4n) is 2.01. The number of alkyl halides is 3. The van der Waals surface area contributed by atoms with E-state index in [0.29, 0.717) is 18.5 Å². The first-order chi connectivity index (χ1) is 8.78. The van der Waals surface area contributed by atoms with Gasteiger partial charge in [0.1, 0.15) is 12.3 Å². The predicted molar refractivity (Wildman–Crippen MR) is 64.5 cm³/mol. The van der Waals surface area contributed by atoms with Crippen LogP contribution in [0.3, 0.4) is 0 Å². The molecule has 0 spiro atoms. The number of Topliss-reactive ketones (excluding diaryl/α,β-unsaturated/α-hetero) is 1. The summed E-state index contributed by atoms with van der Waals surface area (Å²) in [6.45, 7) is 0.250. The molecule has 1 saturated carbocycles. The molecular formula is C13H14F3NO2. The maximum absolute atomic E-state index is 12.5. The van der Waals surface area contributed by atoms with Crippen LogP contribution in [0.4, 0.5) is 18.9 Å². The lowest BCUT2D eigenvalue weighted by Crippen LogP contribution is -2.35. The standard InChI is InChI=1S/C13H14F3NO2/c1-8(18)11-5-4-10(6-12(11)19)17(9-2-3-9)7-13(14,15)16/h4-6,9,19H,2-3,7H2,1H3. The lowest BCUT2D eigenvalue weighted by molar-refractivity contribution is -0.120. The Morgan fingerprint density at radius 2 is 2.05 bits per heavy atom. The van der Waals surface area contributed by atoms with E-state index in [2.05, 4.69) is 0 Å². The molecule has 2 rings (SSSR count). The molecule has 1 fully saturated rings. The summed E-state index contributed by atoms with van der Waals surface area (Å²) in [6.07, 6.45) is -2.87. The van der Waals surface area contributed by atoms with Crippen molar-refractivity contribution in [2.24, 2.45) is 0 Å². The number of carbonyl (C=O) groups is 1. The summed E-state index contributed by atoms with van der Waals surface area (Å²) >= 11 is 0. The third-order valence-corrected chi connectivity index (χ3v) is 3.03. The van der Waals surface area contributed by atoms with Gasteiger partial charge in [0.05, 0.1) is 5.56 Å². The summed E-state index contributed by atoms with van der Waals surface area (Å²) in [5.74, 6) is -0.601. The average molecular weight is 273 g/mol. The number of aromatic hydroxyl groups is 1. The van der Waals surface area contributed by atoms with Crippen LogP contribution < -0.4 is 4.90 Å². The Hall–Kier alpha value is -1.72. The minimum atomic E-state index is -4.29. The zero-order chi connectivity index (χ0) is 14.2. The molecular weight excluding hydrogens is 259 g/mol. The van der Waals surface area contributed by atoms with Crippen molar-refractivity contribution in [2.45, 2.75) is 32.0 Å². The topological polar surface area (TPSA) is 40.5 Å². The molecule has 1 aromatic carbocycles. The highest BCUT2D eigenvalue weighted by Gasteiger charge is 2.38. The molecule has 1 aliphatic rings. The molecule has 0 saturated heterocycles. The molecule has 19 heavy (non-hydrogen) atoms. The van der Waals surface area contributed by atoms with Crippen molar-refractivity contribution in [3.63, 3.8) is 0 Å². The molecule has 0 aromatic heterocycles. The molecule has 0 amide bonds. The fraction of sp³-hybridized carbons (Fsp3) is 0.462. The third-order valence-electron chi connectivity index (χ3n) is 3.03. The number of phenols is 1. The van der Waals surface area contributed by atoms with Gasteiger partial charge in [-0.3, -0.25) is 4.79 Å². The van der Waals surface area contributed by atoms with Gasteiger partial charge in [-0.1, -0.05) is 0 Å². The Kier molecular flexibility index (Phi) is 3.43. The van der Waals surface area contributed by atoms with Gasteiger partial charge in [0.2, 0.25) is 0 Å². The highest BCUT2D eigenvalue weighted by molar-refractivity contribution is 5.97. The number of anilines is 1. The summed E-state index contributed by atoms with van der Waals surface area (Å²) < 4.78 is 37.6. The first-order valence-corrected chi connectivity index (χ1v) is 5.95. The van der Waals surface area contributed by atoms with Gasteiger partial charge in [0, 0.05) is 17.8 Å². The summed E-state index contributed by atoms with van der Waals surface area (Å²) in [7, 11) is 0. The Morgan fingerprint density at radius 1 is 1.42 bits per heavy atom. The highest BCUT2D eigenvalue weighted by Crippen LogP contribution is 2.36. The lowest BCUT2D eigenvalue weighted by atomic mass is 10.1. The van der Waals surface area contributed by atoms with Gasteiger partial charge in [-0.2, -0.15) is 13.2 Å². The fourth-order valence-corrected chi connectivity index (χ4v) is 2.01. The molecule has 0 aliphatic heterocycles. The van der Waals surface area contributed by atoms with Crippen LogP contribution in [0.25, 0.3) is 0 Å².